The number of allylic oxidation sites excluding steroid dienone is 2. The maximum Gasteiger partial charge on any atom is 0.0462 e. The SMILES string of the molecule is CC(CO)C1C=CC(CCO)C1. The third kappa shape index (κ3) is 2.32. The predicted octanol–water partition coefficient (Wildman–Crippen LogP) is 1.19. The van der Waals surface area contributed by atoms with Crippen molar-refractivity contribution < 1.29 is 10.2 Å². The highest BCUT2D eigenvalue weighted by atomic mass is 16.3. The minimum absolute atomic E-state index is 0.265. The predicted molar refractivity (Wildman–Crippen MR) is 48.7 cm³/mol. The van der Waals surface area contributed by atoms with Crippen molar-refractivity contribution in [1.29, 1.82) is 0 Å². The molecule has 0 aromatic rings. The first-order valence-corrected chi connectivity index (χ1v) is 4.68. The first-order chi connectivity index (χ1) is 5.77. The molecule has 2 N–H and O–H groups in total. The van der Waals surface area contributed by atoms with Crippen molar-refractivity contribution in [3.05, 3.63) is 12.2 Å². The van der Waals surface area contributed by atoms with E-state index < -0.39 is 0 Å². The van der Waals surface area contributed by atoms with Gasteiger partial charge in [0.15, 0.2) is 0 Å². The van der Waals surface area contributed by atoms with Crippen LogP contribution >= 0.6 is 0 Å². The molecule has 3 unspecified atom stereocenters. The van der Waals surface area contributed by atoms with Gasteiger partial charge in [-0.2, -0.15) is 0 Å². The standard InChI is InChI=1S/C10H18O2/c1-8(7-12)10-3-2-9(6-10)4-5-11/h2-3,8-12H,4-7H2,1H3. The van der Waals surface area contributed by atoms with Crippen molar-refractivity contribution in [2.45, 2.75) is 19.8 Å². The topological polar surface area (TPSA) is 40.5 Å². The molecule has 1 rings (SSSR count). The van der Waals surface area contributed by atoms with Crippen LogP contribution in [0.25, 0.3) is 0 Å². The van der Waals surface area contributed by atoms with Crippen molar-refractivity contribution in [3.63, 3.8) is 0 Å². The van der Waals surface area contributed by atoms with E-state index in [9.17, 15) is 0 Å². The maximum atomic E-state index is 8.93. The number of hydrogen-bond donors (Lipinski definition) is 2. The van der Waals surface area contributed by atoms with Gasteiger partial charge in [-0.15, -0.1) is 0 Å². The molecule has 0 saturated heterocycles. The Balaban J connectivity index is 2.31. The molecule has 0 heterocycles. The van der Waals surface area contributed by atoms with E-state index in [0.717, 1.165) is 12.8 Å². The summed E-state index contributed by atoms with van der Waals surface area (Å²) >= 11 is 0. The summed E-state index contributed by atoms with van der Waals surface area (Å²) in [5.74, 6) is 1.42. The van der Waals surface area contributed by atoms with Gasteiger partial charge in [0.1, 0.15) is 0 Å². The minimum Gasteiger partial charge on any atom is -0.396 e. The Morgan fingerprint density at radius 1 is 1.42 bits per heavy atom. The smallest absolute Gasteiger partial charge is 0.0462 e. The third-order valence-corrected chi connectivity index (χ3v) is 2.72. The third-order valence-electron chi connectivity index (χ3n) is 2.72. The Kier molecular flexibility index (Phi) is 3.76. The van der Waals surface area contributed by atoms with Crippen LogP contribution in [0.1, 0.15) is 19.8 Å². The molecule has 0 spiro atoms. The zero-order chi connectivity index (χ0) is 8.97. The highest BCUT2D eigenvalue weighted by Gasteiger charge is 2.22. The van der Waals surface area contributed by atoms with Gasteiger partial charge in [-0.3, -0.25) is 0 Å². The summed E-state index contributed by atoms with van der Waals surface area (Å²) in [5.41, 5.74) is 0. The van der Waals surface area contributed by atoms with Crippen LogP contribution in [0.5, 0.6) is 0 Å². The zero-order valence-corrected chi connectivity index (χ0v) is 7.61. The van der Waals surface area contributed by atoms with Crippen LogP contribution < -0.4 is 0 Å². The Bertz CT molecular complexity index is 154. The summed E-state index contributed by atoms with van der Waals surface area (Å²) in [7, 11) is 0. The van der Waals surface area contributed by atoms with Crippen LogP contribution in [0.3, 0.4) is 0 Å². The fraction of sp³-hybridized carbons (Fsp3) is 0.800. The molecule has 12 heavy (non-hydrogen) atoms. The van der Waals surface area contributed by atoms with Gasteiger partial charge in [0.2, 0.25) is 0 Å². The summed E-state index contributed by atoms with van der Waals surface area (Å²) in [4.78, 5) is 0. The van der Waals surface area contributed by atoms with E-state index in [-0.39, 0.29) is 13.2 Å². The lowest BCUT2D eigenvalue weighted by molar-refractivity contribution is 0.196. The molecule has 0 aliphatic heterocycles. The van der Waals surface area contributed by atoms with E-state index in [1.807, 2.05) is 0 Å². The largest absolute Gasteiger partial charge is 0.396 e. The van der Waals surface area contributed by atoms with Crippen LogP contribution in [0, 0.1) is 17.8 Å². The molecular formula is C10H18O2. The second-order valence-electron chi connectivity index (χ2n) is 3.72. The Labute approximate surface area is 73.9 Å². The molecule has 0 radical (unpaired) electrons. The van der Waals surface area contributed by atoms with Crippen LogP contribution in [-0.2, 0) is 0 Å². The fourth-order valence-corrected chi connectivity index (χ4v) is 1.74. The lowest BCUT2D eigenvalue weighted by atomic mass is 9.91. The maximum absolute atomic E-state index is 8.93. The quantitative estimate of drug-likeness (QED) is 0.622. The van der Waals surface area contributed by atoms with Crippen LogP contribution in [0.4, 0.5) is 0 Å². The van der Waals surface area contributed by atoms with Crippen molar-refractivity contribution in [3.8, 4) is 0 Å². The van der Waals surface area contributed by atoms with E-state index in [4.69, 9.17) is 10.2 Å². The number of aliphatic hydroxyl groups excluding tert-OH is 2. The monoisotopic (exact) mass is 170 g/mol. The molecule has 2 heteroatoms. The van der Waals surface area contributed by atoms with Gasteiger partial charge >= 0.3 is 0 Å². The molecular weight excluding hydrogens is 152 g/mol. The van der Waals surface area contributed by atoms with E-state index in [2.05, 4.69) is 19.1 Å². The molecule has 0 aromatic heterocycles. The van der Waals surface area contributed by atoms with Crippen molar-refractivity contribution in [2.75, 3.05) is 13.2 Å². The molecule has 0 amide bonds. The van der Waals surface area contributed by atoms with E-state index >= 15 is 0 Å². The number of hydrogen-bond acceptors (Lipinski definition) is 2. The van der Waals surface area contributed by atoms with E-state index in [0.29, 0.717) is 17.8 Å². The summed E-state index contributed by atoms with van der Waals surface area (Å²) in [5, 5.41) is 17.7. The Morgan fingerprint density at radius 2 is 2.17 bits per heavy atom. The molecule has 3 atom stereocenters. The van der Waals surface area contributed by atoms with Gasteiger partial charge < -0.3 is 10.2 Å². The Hall–Kier alpha value is -0.340. The second-order valence-corrected chi connectivity index (χ2v) is 3.72. The van der Waals surface area contributed by atoms with Crippen LogP contribution in [0.2, 0.25) is 0 Å². The van der Waals surface area contributed by atoms with Gasteiger partial charge in [-0.25, -0.2) is 0 Å². The molecule has 0 bridgehead atoms. The van der Waals surface area contributed by atoms with Gasteiger partial charge in [0.25, 0.3) is 0 Å². The highest BCUT2D eigenvalue weighted by Crippen LogP contribution is 2.30. The zero-order valence-electron chi connectivity index (χ0n) is 7.61. The summed E-state index contributed by atoms with van der Waals surface area (Å²) in [6.45, 7) is 2.60. The van der Waals surface area contributed by atoms with E-state index in [1.165, 1.54) is 0 Å². The lowest BCUT2D eigenvalue weighted by Gasteiger charge is -2.16. The minimum atomic E-state index is 0.265. The van der Waals surface area contributed by atoms with Gasteiger partial charge in [0.05, 0.1) is 0 Å². The molecule has 2 nitrogen and oxygen atoms in total. The normalized spacial score (nSPS) is 30.9. The fourth-order valence-electron chi connectivity index (χ4n) is 1.74. The van der Waals surface area contributed by atoms with Crippen LogP contribution in [0.15, 0.2) is 12.2 Å². The second kappa shape index (κ2) is 4.63. The number of rotatable bonds is 4. The average Bonchev–Trinajstić information content (AvgIpc) is 2.52. The summed E-state index contributed by atoms with van der Waals surface area (Å²) in [6.07, 6.45) is 6.32. The summed E-state index contributed by atoms with van der Waals surface area (Å²) in [6, 6.07) is 0. The summed E-state index contributed by atoms with van der Waals surface area (Å²) < 4.78 is 0. The molecule has 70 valence electrons. The van der Waals surface area contributed by atoms with Crippen LogP contribution in [-0.4, -0.2) is 23.4 Å². The molecule has 0 saturated carbocycles. The molecule has 1 aliphatic carbocycles. The van der Waals surface area contributed by atoms with Crippen molar-refractivity contribution in [2.24, 2.45) is 17.8 Å². The Morgan fingerprint density at radius 3 is 2.75 bits per heavy atom. The van der Waals surface area contributed by atoms with Gasteiger partial charge in [-0.05, 0) is 30.6 Å². The van der Waals surface area contributed by atoms with E-state index in [1.54, 1.807) is 0 Å². The number of aliphatic hydroxyl groups is 2. The first-order valence-electron chi connectivity index (χ1n) is 4.68. The molecule has 0 aromatic carbocycles. The van der Waals surface area contributed by atoms with Crippen molar-refractivity contribution in [1.82, 2.24) is 0 Å². The van der Waals surface area contributed by atoms with Crippen molar-refractivity contribution >= 4 is 0 Å². The highest BCUT2D eigenvalue weighted by molar-refractivity contribution is 5.03. The molecule has 0 fully saturated rings. The van der Waals surface area contributed by atoms with Gasteiger partial charge in [0, 0.05) is 13.2 Å². The molecule has 1 aliphatic rings. The average molecular weight is 170 g/mol. The lowest BCUT2D eigenvalue weighted by Crippen LogP contribution is -2.12. The van der Waals surface area contributed by atoms with Gasteiger partial charge in [-0.1, -0.05) is 19.1 Å². The first kappa shape index (κ1) is 9.75.